The first-order chi connectivity index (χ1) is 13.3. The van der Waals surface area contributed by atoms with Crippen LogP contribution < -0.4 is 4.74 Å². The molecule has 8 heteroatoms. The number of aromatic nitrogens is 1. The zero-order valence-corrected chi connectivity index (χ0v) is 15.5. The number of esters is 1. The Kier molecular flexibility index (Phi) is 5.41. The number of carbonyl (C=O) groups excluding carboxylic acids is 1. The summed E-state index contributed by atoms with van der Waals surface area (Å²) >= 11 is 0. The number of methoxy groups -OCH3 is 1. The van der Waals surface area contributed by atoms with Crippen molar-refractivity contribution in [1.82, 2.24) is 9.88 Å². The predicted octanol–water partition coefficient (Wildman–Crippen LogP) is 3.86. The Morgan fingerprint density at radius 3 is 2.61 bits per heavy atom. The van der Waals surface area contributed by atoms with Crippen LogP contribution >= 0.6 is 0 Å². The molecule has 0 saturated carbocycles. The number of halogens is 2. The highest BCUT2D eigenvalue weighted by Crippen LogP contribution is 2.35. The molecule has 0 unspecified atom stereocenters. The fraction of sp³-hybridized carbons (Fsp3) is 0.200. The minimum atomic E-state index is -1.12. The highest BCUT2D eigenvalue weighted by atomic mass is 19.2. The normalized spacial score (nSPS) is 11.1. The van der Waals surface area contributed by atoms with Crippen molar-refractivity contribution < 1.29 is 28.2 Å². The summed E-state index contributed by atoms with van der Waals surface area (Å²) in [5, 5.41) is 11.4. The molecule has 0 atom stereocenters. The molecule has 0 fully saturated rings. The second-order valence-corrected chi connectivity index (χ2v) is 6.35. The van der Waals surface area contributed by atoms with Crippen LogP contribution in [0.1, 0.15) is 16.2 Å². The Labute approximate surface area is 159 Å². The van der Waals surface area contributed by atoms with Gasteiger partial charge in [-0.05, 0) is 44.4 Å². The van der Waals surface area contributed by atoms with Crippen LogP contribution in [0.15, 0.2) is 36.4 Å². The zero-order valence-electron chi connectivity index (χ0n) is 15.5. The van der Waals surface area contributed by atoms with Gasteiger partial charge in [-0.15, -0.1) is 0 Å². The molecule has 146 valence electrons. The van der Waals surface area contributed by atoms with Gasteiger partial charge in [0, 0.05) is 17.3 Å². The maximum absolute atomic E-state index is 13.9. The summed E-state index contributed by atoms with van der Waals surface area (Å²) < 4.78 is 37.4. The number of pyridine rings is 1. The second kappa shape index (κ2) is 7.77. The largest absolute Gasteiger partial charge is 0.505 e. The van der Waals surface area contributed by atoms with Crippen LogP contribution in [0.3, 0.4) is 0 Å². The van der Waals surface area contributed by atoms with E-state index in [2.05, 4.69) is 9.72 Å². The van der Waals surface area contributed by atoms with Gasteiger partial charge in [0.25, 0.3) is 0 Å². The molecule has 0 amide bonds. The Balaban J connectivity index is 2.14. The number of fused-ring (bicyclic) bond motifs is 1. The lowest BCUT2D eigenvalue weighted by Crippen LogP contribution is -2.15. The molecule has 0 bridgehead atoms. The van der Waals surface area contributed by atoms with E-state index in [4.69, 9.17) is 4.74 Å². The highest BCUT2D eigenvalue weighted by molar-refractivity contribution is 6.00. The van der Waals surface area contributed by atoms with E-state index in [0.717, 1.165) is 6.07 Å². The van der Waals surface area contributed by atoms with Gasteiger partial charge in [-0.3, -0.25) is 0 Å². The van der Waals surface area contributed by atoms with E-state index in [0.29, 0.717) is 17.6 Å². The van der Waals surface area contributed by atoms with Gasteiger partial charge < -0.3 is 19.5 Å². The van der Waals surface area contributed by atoms with Gasteiger partial charge >= 0.3 is 5.97 Å². The van der Waals surface area contributed by atoms with Crippen LogP contribution in [-0.2, 0) is 11.3 Å². The third-order valence-corrected chi connectivity index (χ3v) is 4.02. The summed E-state index contributed by atoms with van der Waals surface area (Å²) in [6.45, 7) is 0.402. The van der Waals surface area contributed by atoms with Gasteiger partial charge in [0.15, 0.2) is 23.0 Å². The second-order valence-electron chi connectivity index (χ2n) is 6.35. The lowest BCUT2D eigenvalue weighted by molar-refractivity contribution is 0.0590. The van der Waals surface area contributed by atoms with Gasteiger partial charge in [0.05, 0.1) is 12.8 Å². The molecule has 3 rings (SSSR count). The zero-order chi connectivity index (χ0) is 20.4. The minimum Gasteiger partial charge on any atom is -0.505 e. The number of carbonyl (C=O) groups is 1. The van der Waals surface area contributed by atoms with Crippen LogP contribution in [-0.4, -0.2) is 42.2 Å². The van der Waals surface area contributed by atoms with Crippen LogP contribution in [0.25, 0.3) is 10.8 Å². The average Bonchev–Trinajstić information content (AvgIpc) is 2.66. The van der Waals surface area contributed by atoms with E-state index < -0.39 is 17.6 Å². The molecule has 1 N–H and O–H groups in total. The summed E-state index contributed by atoms with van der Waals surface area (Å²) in [6, 6.07) is 8.20. The van der Waals surface area contributed by atoms with Crippen molar-refractivity contribution in [2.24, 2.45) is 0 Å². The molecular formula is C20H18F2N2O4. The molecule has 0 aliphatic rings. The number of aromatic hydroxyl groups is 1. The SMILES string of the molecule is COC(=O)c1nc(CN(C)C)c2ccc(Oc3cccc(F)c3F)cc2c1O. The topological polar surface area (TPSA) is 71.9 Å². The number of hydrogen-bond donors (Lipinski definition) is 1. The quantitative estimate of drug-likeness (QED) is 0.670. The van der Waals surface area contributed by atoms with E-state index in [1.807, 2.05) is 19.0 Å². The Hall–Kier alpha value is -3.26. The molecule has 2 aromatic carbocycles. The average molecular weight is 388 g/mol. The number of nitrogens with zero attached hydrogens (tertiary/aromatic N) is 2. The third-order valence-electron chi connectivity index (χ3n) is 4.02. The first kappa shape index (κ1) is 19.5. The van der Waals surface area contributed by atoms with Crippen LogP contribution in [0, 0.1) is 11.6 Å². The first-order valence-corrected chi connectivity index (χ1v) is 8.32. The molecule has 0 aliphatic heterocycles. The van der Waals surface area contributed by atoms with E-state index in [9.17, 15) is 18.7 Å². The van der Waals surface area contributed by atoms with E-state index >= 15 is 0 Å². The minimum absolute atomic E-state index is 0.158. The Morgan fingerprint density at radius 2 is 1.93 bits per heavy atom. The summed E-state index contributed by atoms with van der Waals surface area (Å²) in [5.41, 5.74) is 0.308. The van der Waals surface area contributed by atoms with E-state index in [1.54, 1.807) is 12.1 Å². The molecule has 28 heavy (non-hydrogen) atoms. The van der Waals surface area contributed by atoms with Gasteiger partial charge in [0.1, 0.15) is 5.75 Å². The molecule has 0 saturated heterocycles. The van der Waals surface area contributed by atoms with Gasteiger partial charge in [-0.1, -0.05) is 6.07 Å². The number of rotatable bonds is 5. The highest BCUT2D eigenvalue weighted by Gasteiger charge is 2.21. The van der Waals surface area contributed by atoms with Crippen molar-refractivity contribution in [3.8, 4) is 17.2 Å². The molecule has 0 spiro atoms. The van der Waals surface area contributed by atoms with Crippen LogP contribution in [0.2, 0.25) is 0 Å². The standard InChI is InChI=1S/C20H18F2N2O4/c1-24(2)10-15-12-8-7-11(28-16-6-4-5-14(21)17(16)22)9-13(12)19(25)18(23-15)20(26)27-3/h4-9,25H,10H2,1-3H3. The lowest BCUT2D eigenvalue weighted by atomic mass is 10.1. The number of ether oxygens (including phenoxy) is 2. The van der Waals surface area contributed by atoms with Crippen molar-refractivity contribution >= 4 is 16.7 Å². The maximum Gasteiger partial charge on any atom is 0.360 e. The van der Waals surface area contributed by atoms with Crippen molar-refractivity contribution in [3.63, 3.8) is 0 Å². The fourth-order valence-electron chi connectivity index (χ4n) is 2.76. The molecule has 0 aliphatic carbocycles. The van der Waals surface area contributed by atoms with Crippen molar-refractivity contribution in [1.29, 1.82) is 0 Å². The smallest absolute Gasteiger partial charge is 0.360 e. The number of hydrogen-bond acceptors (Lipinski definition) is 6. The Bertz CT molecular complexity index is 1050. The third kappa shape index (κ3) is 3.72. The van der Waals surface area contributed by atoms with Gasteiger partial charge in [-0.25, -0.2) is 14.2 Å². The Morgan fingerprint density at radius 1 is 1.18 bits per heavy atom. The van der Waals surface area contributed by atoms with Gasteiger partial charge in [-0.2, -0.15) is 4.39 Å². The molecule has 0 radical (unpaired) electrons. The van der Waals surface area contributed by atoms with E-state index in [1.165, 1.54) is 25.3 Å². The van der Waals surface area contributed by atoms with Crippen molar-refractivity contribution in [3.05, 3.63) is 59.4 Å². The summed E-state index contributed by atoms with van der Waals surface area (Å²) in [5.74, 6) is -3.46. The maximum atomic E-state index is 13.9. The summed E-state index contributed by atoms with van der Waals surface area (Å²) in [4.78, 5) is 18.1. The molecule has 1 aromatic heterocycles. The molecule has 1 heterocycles. The van der Waals surface area contributed by atoms with Crippen molar-refractivity contribution in [2.45, 2.75) is 6.54 Å². The monoisotopic (exact) mass is 388 g/mol. The van der Waals surface area contributed by atoms with E-state index in [-0.39, 0.29) is 28.3 Å². The van der Waals surface area contributed by atoms with Gasteiger partial charge in [0.2, 0.25) is 5.82 Å². The fourth-order valence-corrected chi connectivity index (χ4v) is 2.76. The molecule has 3 aromatic rings. The van der Waals surface area contributed by atoms with Crippen LogP contribution in [0.4, 0.5) is 8.78 Å². The van der Waals surface area contributed by atoms with Crippen molar-refractivity contribution in [2.75, 3.05) is 21.2 Å². The molecular weight excluding hydrogens is 370 g/mol. The van der Waals surface area contributed by atoms with Crippen LogP contribution in [0.5, 0.6) is 17.2 Å². The predicted molar refractivity (Wildman–Crippen MR) is 98.6 cm³/mol. The number of benzene rings is 2. The summed E-state index contributed by atoms with van der Waals surface area (Å²) in [6.07, 6.45) is 0. The molecule has 6 nitrogen and oxygen atoms in total. The lowest BCUT2D eigenvalue weighted by Gasteiger charge is -2.15. The first-order valence-electron chi connectivity index (χ1n) is 8.32. The summed E-state index contributed by atoms with van der Waals surface area (Å²) in [7, 11) is 4.86.